The van der Waals surface area contributed by atoms with Crippen LogP contribution in [0.5, 0.6) is 11.6 Å². The van der Waals surface area contributed by atoms with Crippen molar-refractivity contribution in [2.75, 3.05) is 18.6 Å². The fourth-order valence-electron chi connectivity index (χ4n) is 1.96. The highest BCUT2D eigenvalue weighted by Crippen LogP contribution is 2.39. The number of anilines is 1. The summed E-state index contributed by atoms with van der Waals surface area (Å²) in [6, 6.07) is 9.82. The van der Waals surface area contributed by atoms with Crippen LogP contribution in [0.4, 0.5) is 5.82 Å². The van der Waals surface area contributed by atoms with Crippen LogP contribution in [0.2, 0.25) is 0 Å². The summed E-state index contributed by atoms with van der Waals surface area (Å²) in [5.41, 5.74) is 0. The third-order valence-electron chi connectivity index (χ3n) is 3.20. The van der Waals surface area contributed by atoms with Gasteiger partial charge in [0.15, 0.2) is 0 Å². The number of thioether (sulfide) groups is 1. The average Bonchev–Trinajstić information content (AvgIpc) is 3.32. The van der Waals surface area contributed by atoms with Crippen molar-refractivity contribution in [3.05, 3.63) is 36.2 Å². The normalized spacial score (nSPS) is 14.1. The number of ether oxygens (including phenoxy) is 1. The predicted octanol–water partition coefficient (Wildman–Crippen LogP) is 3.91. The van der Waals surface area contributed by atoms with Crippen LogP contribution in [-0.2, 0) is 0 Å². The molecule has 0 amide bonds. The molecule has 1 aromatic heterocycles. The van der Waals surface area contributed by atoms with E-state index in [4.69, 9.17) is 4.74 Å². The fraction of sp³-hybridized carbons (Fsp3) is 0.333. The predicted molar refractivity (Wildman–Crippen MR) is 81.9 cm³/mol. The molecule has 1 aliphatic rings. The summed E-state index contributed by atoms with van der Waals surface area (Å²) in [4.78, 5) is 10.1. The Labute approximate surface area is 123 Å². The number of hydrogen-bond donors (Lipinski definition) is 1. The minimum absolute atomic E-state index is 0.501. The molecule has 0 saturated heterocycles. The van der Waals surface area contributed by atoms with Crippen molar-refractivity contribution in [1.29, 1.82) is 0 Å². The summed E-state index contributed by atoms with van der Waals surface area (Å²) in [5.74, 6) is 3.63. The van der Waals surface area contributed by atoms with E-state index in [9.17, 15) is 0 Å². The number of para-hydroxylation sites is 1. The Hall–Kier alpha value is -1.75. The maximum Gasteiger partial charge on any atom is 0.224 e. The molecular formula is C15H17N3OS. The number of nitrogens with one attached hydrogen (secondary N) is 1. The molecule has 0 atom stereocenters. The molecular weight excluding hydrogens is 270 g/mol. The fourth-order valence-corrected chi connectivity index (χ4v) is 2.49. The molecule has 0 unspecified atom stereocenters. The van der Waals surface area contributed by atoms with E-state index in [2.05, 4.69) is 15.3 Å². The van der Waals surface area contributed by atoms with E-state index in [1.54, 1.807) is 11.8 Å². The van der Waals surface area contributed by atoms with Gasteiger partial charge in [0, 0.05) is 23.9 Å². The summed E-state index contributed by atoms with van der Waals surface area (Å²) in [5, 5.41) is 3.07. The lowest BCUT2D eigenvalue weighted by atomic mass is 10.3. The molecule has 4 nitrogen and oxygen atoms in total. The summed E-state index contributed by atoms with van der Waals surface area (Å²) < 4.78 is 5.95. The van der Waals surface area contributed by atoms with Crippen LogP contribution in [-0.4, -0.2) is 23.3 Å². The smallest absolute Gasteiger partial charge is 0.224 e. The van der Waals surface area contributed by atoms with E-state index < -0.39 is 0 Å². The third-order valence-corrected chi connectivity index (χ3v) is 3.98. The maximum absolute atomic E-state index is 5.95. The van der Waals surface area contributed by atoms with Crippen LogP contribution >= 0.6 is 11.8 Å². The Kier molecular flexibility index (Phi) is 3.78. The highest BCUT2D eigenvalue weighted by Gasteiger charge is 2.27. The van der Waals surface area contributed by atoms with E-state index in [1.807, 2.05) is 43.6 Å². The van der Waals surface area contributed by atoms with E-state index >= 15 is 0 Å². The van der Waals surface area contributed by atoms with Gasteiger partial charge in [0.05, 0.1) is 0 Å². The zero-order valence-electron chi connectivity index (χ0n) is 11.6. The SMILES string of the molecule is CNc1cc(Oc2ccccc2SC)nc(C2CC2)n1. The molecule has 5 heteroatoms. The highest BCUT2D eigenvalue weighted by atomic mass is 32.2. The molecule has 1 aliphatic carbocycles. The van der Waals surface area contributed by atoms with E-state index in [0.29, 0.717) is 11.8 Å². The topological polar surface area (TPSA) is 47.0 Å². The molecule has 3 rings (SSSR count). The molecule has 20 heavy (non-hydrogen) atoms. The monoisotopic (exact) mass is 287 g/mol. The van der Waals surface area contributed by atoms with Gasteiger partial charge in [0.25, 0.3) is 0 Å². The van der Waals surface area contributed by atoms with Crippen molar-refractivity contribution in [1.82, 2.24) is 9.97 Å². The number of nitrogens with zero attached hydrogens (tertiary/aromatic N) is 2. The summed E-state index contributed by atoms with van der Waals surface area (Å²) in [6.07, 6.45) is 4.39. The molecule has 1 aromatic carbocycles. The standard InChI is InChI=1S/C15H17N3OS/c1-16-13-9-14(18-15(17-13)10-7-8-10)19-11-5-3-4-6-12(11)20-2/h3-6,9-10H,7-8H2,1-2H3,(H,16,17,18). The second kappa shape index (κ2) is 5.71. The first-order valence-corrected chi connectivity index (χ1v) is 7.90. The number of benzene rings is 1. The van der Waals surface area contributed by atoms with Gasteiger partial charge in [-0.3, -0.25) is 0 Å². The Balaban J connectivity index is 1.91. The molecule has 0 spiro atoms. The molecule has 104 valence electrons. The molecule has 1 fully saturated rings. The quantitative estimate of drug-likeness (QED) is 0.845. The van der Waals surface area contributed by atoms with Crippen LogP contribution in [0.15, 0.2) is 35.2 Å². The van der Waals surface area contributed by atoms with Gasteiger partial charge in [-0.15, -0.1) is 11.8 Å². The van der Waals surface area contributed by atoms with E-state index in [-0.39, 0.29) is 0 Å². The van der Waals surface area contributed by atoms with Crippen molar-refractivity contribution in [3.63, 3.8) is 0 Å². The summed E-state index contributed by atoms with van der Waals surface area (Å²) in [6.45, 7) is 0. The molecule has 0 bridgehead atoms. The minimum atomic E-state index is 0.501. The zero-order valence-corrected chi connectivity index (χ0v) is 12.4. The number of hydrogen-bond acceptors (Lipinski definition) is 5. The molecule has 1 N–H and O–H groups in total. The molecule has 0 radical (unpaired) electrons. The Bertz CT molecular complexity index is 614. The first-order valence-electron chi connectivity index (χ1n) is 6.67. The van der Waals surface area contributed by atoms with Gasteiger partial charge in [-0.2, -0.15) is 4.98 Å². The van der Waals surface area contributed by atoms with Gasteiger partial charge < -0.3 is 10.1 Å². The minimum Gasteiger partial charge on any atom is -0.438 e. The average molecular weight is 287 g/mol. The highest BCUT2D eigenvalue weighted by molar-refractivity contribution is 7.98. The van der Waals surface area contributed by atoms with E-state index in [1.165, 1.54) is 12.8 Å². The Morgan fingerprint density at radius 1 is 1.25 bits per heavy atom. The van der Waals surface area contributed by atoms with Crippen LogP contribution < -0.4 is 10.1 Å². The van der Waals surface area contributed by atoms with Gasteiger partial charge in [-0.25, -0.2) is 4.98 Å². The summed E-state index contributed by atoms with van der Waals surface area (Å²) >= 11 is 1.66. The second-order valence-corrected chi connectivity index (χ2v) is 5.57. The van der Waals surface area contributed by atoms with Crippen LogP contribution in [0.3, 0.4) is 0 Å². The van der Waals surface area contributed by atoms with Crippen LogP contribution in [0.1, 0.15) is 24.6 Å². The maximum atomic E-state index is 5.95. The lowest BCUT2D eigenvalue weighted by Crippen LogP contribution is -2.01. The molecule has 1 heterocycles. The Morgan fingerprint density at radius 2 is 2.05 bits per heavy atom. The van der Waals surface area contributed by atoms with Gasteiger partial charge in [0.1, 0.15) is 17.4 Å². The van der Waals surface area contributed by atoms with E-state index in [0.717, 1.165) is 22.3 Å². The number of rotatable bonds is 5. The van der Waals surface area contributed by atoms with Crippen molar-refractivity contribution >= 4 is 17.6 Å². The van der Waals surface area contributed by atoms with Crippen LogP contribution in [0, 0.1) is 0 Å². The van der Waals surface area contributed by atoms with Crippen LogP contribution in [0.25, 0.3) is 0 Å². The van der Waals surface area contributed by atoms with Crippen molar-refractivity contribution < 1.29 is 4.74 Å². The van der Waals surface area contributed by atoms with Gasteiger partial charge in [-0.1, -0.05) is 12.1 Å². The van der Waals surface area contributed by atoms with Gasteiger partial charge >= 0.3 is 0 Å². The zero-order chi connectivity index (χ0) is 13.9. The number of aromatic nitrogens is 2. The summed E-state index contributed by atoms with van der Waals surface area (Å²) in [7, 11) is 1.86. The first kappa shape index (κ1) is 13.2. The van der Waals surface area contributed by atoms with Gasteiger partial charge in [-0.05, 0) is 31.2 Å². The lowest BCUT2D eigenvalue weighted by Gasteiger charge is -2.11. The molecule has 0 aliphatic heterocycles. The first-order chi connectivity index (χ1) is 9.80. The van der Waals surface area contributed by atoms with Crippen molar-refractivity contribution in [3.8, 4) is 11.6 Å². The second-order valence-electron chi connectivity index (χ2n) is 4.73. The molecule has 2 aromatic rings. The van der Waals surface area contributed by atoms with Crippen molar-refractivity contribution in [2.45, 2.75) is 23.7 Å². The molecule has 1 saturated carbocycles. The third kappa shape index (κ3) is 2.88. The van der Waals surface area contributed by atoms with Gasteiger partial charge in [0.2, 0.25) is 5.88 Å². The van der Waals surface area contributed by atoms with Crippen molar-refractivity contribution in [2.24, 2.45) is 0 Å². The Morgan fingerprint density at radius 3 is 2.75 bits per heavy atom. The lowest BCUT2D eigenvalue weighted by molar-refractivity contribution is 0.448. The largest absolute Gasteiger partial charge is 0.438 e.